The van der Waals surface area contributed by atoms with E-state index in [0.717, 1.165) is 38.5 Å². The average Bonchev–Trinajstić information content (AvgIpc) is 3.11. The first kappa shape index (κ1) is 47.0. The first-order chi connectivity index (χ1) is 24.3. The third-order valence-corrected chi connectivity index (χ3v) is 10.1. The number of unbranched alkanes of at least 4 members (excludes halogenated alkanes) is 24. The number of nitrogens with one attached hydrogen (secondary N) is 1. The van der Waals surface area contributed by atoms with Crippen molar-refractivity contribution < 1.29 is 39.8 Å². The molecule has 1 fully saturated rings. The lowest BCUT2D eigenvalue weighted by Crippen LogP contribution is -2.60. The normalized spacial score (nSPS) is 22.3. The summed E-state index contributed by atoms with van der Waals surface area (Å²) in [5, 5.41) is 54.0. The number of allylic oxidation sites excluding steroid dienone is 1. The molecule has 7 atom stereocenters. The van der Waals surface area contributed by atoms with E-state index in [1.165, 1.54) is 128 Å². The summed E-state index contributed by atoms with van der Waals surface area (Å²) in [6.45, 7) is 3.76. The van der Waals surface area contributed by atoms with Gasteiger partial charge >= 0.3 is 0 Å². The van der Waals surface area contributed by atoms with Crippen LogP contribution in [0.25, 0.3) is 0 Å². The van der Waals surface area contributed by atoms with Crippen LogP contribution >= 0.6 is 0 Å². The molecule has 2 unspecified atom stereocenters. The summed E-state index contributed by atoms with van der Waals surface area (Å²) >= 11 is 0. The molecule has 0 saturated carbocycles. The second kappa shape index (κ2) is 32.6. The van der Waals surface area contributed by atoms with E-state index in [1.807, 2.05) is 6.08 Å². The monoisotopic (exact) mass is 714 g/mol. The largest absolute Gasteiger partial charge is 0.394 e. The molecule has 0 aliphatic carbocycles. The smallest absolute Gasteiger partial charge is 0.220 e. The number of aliphatic hydroxyl groups excluding tert-OH is 5. The molecule has 50 heavy (non-hydrogen) atoms. The van der Waals surface area contributed by atoms with E-state index < -0.39 is 49.5 Å². The zero-order chi connectivity index (χ0) is 36.7. The minimum absolute atomic E-state index is 0.177. The van der Waals surface area contributed by atoms with Crippen LogP contribution < -0.4 is 5.32 Å². The van der Waals surface area contributed by atoms with Gasteiger partial charge in [0.1, 0.15) is 24.4 Å². The zero-order valence-electron chi connectivity index (χ0n) is 32.2. The fourth-order valence-corrected chi connectivity index (χ4v) is 6.68. The molecule has 9 nitrogen and oxygen atoms in total. The minimum atomic E-state index is -1.56. The molecule has 1 aliphatic heterocycles. The fraction of sp³-hybridized carbons (Fsp3) is 0.927. The molecule has 0 aromatic carbocycles. The van der Waals surface area contributed by atoms with Crippen LogP contribution in [-0.2, 0) is 14.3 Å². The summed E-state index contributed by atoms with van der Waals surface area (Å²) in [5.41, 5.74) is 0. The van der Waals surface area contributed by atoms with Gasteiger partial charge in [-0.25, -0.2) is 0 Å². The van der Waals surface area contributed by atoms with Crippen LogP contribution in [0.4, 0.5) is 0 Å². The third-order valence-electron chi connectivity index (χ3n) is 10.1. The number of carbonyl (C=O) groups excluding carboxylic acids is 1. The Bertz CT molecular complexity index is 797. The Hall–Kier alpha value is -1.07. The van der Waals surface area contributed by atoms with Gasteiger partial charge in [0.15, 0.2) is 6.29 Å². The Morgan fingerprint density at radius 1 is 0.660 bits per heavy atom. The highest BCUT2D eigenvalue weighted by atomic mass is 16.7. The van der Waals surface area contributed by atoms with Gasteiger partial charge in [-0.1, -0.05) is 174 Å². The third kappa shape index (κ3) is 23.5. The highest BCUT2D eigenvalue weighted by Crippen LogP contribution is 2.22. The van der Waals surface area contributed by atoms with Crippen LogP contribution in [0.5, 0.6) is 0 Å². The van der Waals surface area contributed by atoms with Gasteiger partial charge in [-0.3, -0.25) is 4.79 Å². The average molecular weight is 714 g/mol. The van der Waals surface area contributed by atoms with E-state index in [9.17, 15) is 30.3 Å². The molecule has 0 radical (unpaired) electrons. The maximum Gasteiger partial charge on any atom is 0.220 e. The summed E-state index contributed by atoms with van der Waals surface area (Å²) < 4.78 is 11.2. The number of hydrogen-bond acceptors (Lipinski definition) is 8. The number of carbonyl (C=O) groups is 1. The van der Waals surface area contributed by atoms with Crippen molar-refractivity contribution in [1.82, 2.24) is 5.32 Å². The zero-order valence-corrected chi connectivity index (χ0v) is 32.2. The van der Waals surface area contributed by atoms with E-state index in [4.69, 9.17) is 9.47 Å². The van der Waals surface area contributed by atoms with Gasteiger partial charge in [-0.15, -0.1) is 0 Å². The Balaban J connectivity index is 2.40. The van der Waals surface area contributed by atoms with Gasteiger partial charge in [0.05, 0.1) is 25.4 Å². The van der Waals surface area contributed by atoms with Gasteiger partial charge < -0.3 is 40.3 Å². The maximum absolute atomic E-state index is 12.9. The predicted octanol–water partition coefficient (Wildman–Crippen LogP) is 7.78. The summed E-state index contributed by atoms with van der Waals surface area (Å²) in [6, 6.07) is -0.796. The van der Waals surface area contributed by atoms with E-state index in [-0.39, 0.29) is 12.5 Å². The molecule has 0 bridgehead atoms. The lowest BCUT2D eigenvalue weighted by atomic mass is 9.99. The highest BCUT2D eigenvalue weighted by Gasteiger charge is 2.44. The van der Waals surface area contributed by atoms with Gasteiger partial charge in [0.2, 0.25) is 5.91 Å². The van der Waals surface area contributed by atoms with Gasteiger partial charge in [0, 0.05) is 6.42 Å². The highest BCUT2D eigenvalue weighted by molar-refractivity contribution is 5.76. The Labute approximate surface area is 306 Å². The van der Waals surface area contributed by atoms with Crippen LogP contribution in [0.2, 0.25) is 0 Å². The standard InChI is InChI=1S/C41H79NO8/c1-3-5-7-9-11-13-15-17-18-19-21-23-25-27-29-31-37(45)42-34(33-49-41-40(48)39(47)38(46)36(32-43)50-41)35(44)30-28-26-24-22-20-16-14-12-10-8-6-4-2/h28,30,34-36,38-41,43-44,46-48H,3-27,29,31-33H2,1-2H3,(H,42,45)/b30-28+/t34-,35+,36-,38-,39?,40?,41-/m0/s1. The summed E-state index contributed by atoms with van der Waals surface area (Å²) in [7, 11) is 0. The lowest BCUT2D eigenvalue weighted by molar-refractivity contribution is -0.302. The SMILES string of the molecule is CCCCCCCCCCCC/C=C/[C@@H](O)[C@H](CO[C@H]1O[C@@H](CO)[C@H](O)C(O)C1O)NC(=O)CCCCCCCCCCCCCCCCC. The Morgan fingerprint density at radius 2 is 1.10 bits per heavy atom. The molecular weight excluding hydrogens is 634 g/mol. The van der Waals surface area contributed by atoms with Gasteiger partial charge in [-0.2, -0.15) is 0 Å². The van der Waals surface area contributed by atoms with Crippen LogP contribution in [0.15, 0.2) is 12.2 Å². The van der Waals surface area contributed by atoms with E-state index in [0.29, 0.717) is 6.42 Å². The topological polar surface area (TPSA) is 149 Å². The number of hydrogen-bond donors (Lipinski definition) is 6. The number of rotatable bonds is 34. The van der Waals surface area contributed by atoms with Crippen molar-refractivity contribution in [2.75, 3.05) is 13.2 Å². The number of ether oxygens (including phenoxy) is 2. The van der Waals surface area contributed by atoms with Crippen molar-refractivity contribution in [1.29, 1.82) is 0 Å². The van der Waals surface area contributed by atoms with Crippen LogP contribution in [0.3, 0.4) is 0 Å². The lowest BCUT2D eigenvalue weighted by Gasteiger charge is -2.40. The van der Waals surface area contributed by atoms with E-state index >= 15 is 0 Å². The molecule has 296 valence electrons. The molecule has 1 heterocycles. The van der Waals surface area contributed by atoms with Crippen molar-refractivity contribution >= 4 is 5.91 Å². The summed E-state index contributed by atoms with van der Waals surface area (Å²) in [5.74, 6) is -0.177. The molecule has 9 heteroatoms. The van der Waals surface area contributed by atoms with Gasteiger partial charge in [-0.05, 0) is 19.3 Å². The maximum atomic E-state index is 12.9. The fourth-order valence-electron chi connectivity index (χ4n) is 6.68. The summed E-state index contributed by atoms with van der Waals surface area (Å²) in [6.07, 6.45) is 28.2. The van der Waals surface area contributed by atoms with Crippen LogP contribution in [0, 0.1) is 0 Å². The van der Waals surface area contributed by atoms with Crippen molar-refractivity contribution in [3.63, 3.8) is 0 Å². The second-order valence-electron chi connectivity index (χ2n) is 14.8. The molecule has 1 aliphatic rings. The van der Waals surface area contributed by atoms with Crippen LogP contribution in [-0.4, -0.2) is 87.5 Å². The van der Waals surface area contributed by atoms with E-state index in [1.54, 1.807) is 6.08 Å². The second-order valence-corrected chi connectivity index (χ2v) is 14.8. The predicted molar refractivity (Wildman–Crippen MR) is 203 cm³/mol. The molecule has 0 spiro atoms. The Kier molecular flexibility index (Phi) is 30.6. The number of amides is 1. The quantitative estimate of drug-likeness (QED) is 0.0293. The first-order valence-electron chi connectivity index (χ1n) is 20.9. The summed E-state index contributed by atoms with van der Waals surface area (Å²) in [4.78, 5) is 12.9. The molecule has 1 amide bonds. The molecular formula is C41H79NO8. The molecule has 1 rings (SSSR count). The molecule has 0 aromatic heterocycles. The molecule has 0 aromatic rings. The van der Waals surface area contributed by atoms with Crippen molar-refractivity contribution in [2.45, 2.75) is 230 Å². The minimum Gasteiger partial charge on any atom is -0.394 e. The molecule has 1 saturated heterocycles. The van der Waals surface area contributed by atoms with E-state index in [2.05, 4.69) is 19.2 Å². The number of aliphatic hydroxyl groups is 5. The van der Waals surface area contributed by atoms with Crippen molar-refractivity contribution in [3.8, 4) is 0 Å². The first-order valence-corrected chi connectivity index (χ1v) is 20.9. The van der Waals surface area contributed by atoms with Crippen LogP contribution in [0.1, 0.15) is 187 Å². The molecule has 6 N–H and O–H groups in total. The van der Waals surface area contributed by atoms with Gasteiger partial charge in [0.25, 0.3) is 0 Å². The van der Waals surface area contributed by atoms with Crippen molar-refractivity contribution in [2.24, 2.45) is 0 Å². The Morgan fingerprint density at radius 3 is 1.56 bits per heavy atom. The van der Waals surface area contributed by atoms with Crippen molar-refractivity contribution in [3.05, 3.63) is 12.2 Å².